The predicted octanol–water partition coefficient (Wildman–Crippen LogP) is 1.80. The third-order valence-corrected chi connectivity index (χ3v) is 2.36. The number of carbonyl (C=O) groups excluding carboxylic acids is 1. The number of esters is 1. The van der Waals surface area contributed by atoms with Gasteiger partial charge in [0.25, 0.3) is 0 Å². The number of rotatable bonds is 4. The number of ether oxygens (including phenoxy) is 2. The molecule has 2 aromatic rings. The molecule has 0 unspecified atom stereocenters. The number of carbonyl (C=O) groups is 1. The van der Waals surface area contributed by atoms with Gasteiger partial charge in [-0.15, -0.1) is 0 Å². The fourth-order valence-corrected chi connectivity index (χ4v) is 1.49. The highest BCUT2D eigenvalue weighted by molar-refractivity contribution is 5.85. The number of nitrogens with one attached hydrogen (secondary N) is 1. The van der Waals surface area contributed by atoms with E-state index >= 15 is 0 Å². The molecule has 0 saturated heterocycles. The van der Waals surface area contributed by atoms with Gasteiger partial charge in [0.1, 0.15) is 0 Å². The van der Waals surface area contributed by atoms with E-state index in [1.807, 2.05) is 0 Å². The van der Waals surface area contributed by atoms with E-state index in [1.165, 1.54) is 19.2 Å². The molecule has 0 aliphatic carbocycles. The van der Waals surface area contributed by atoms with Crippen molar-refractivity contribution in [3.63, 3.8) is 0 Å². The van der Waals surface area contributed by atoms with E-state index in [1.54, 1.807) is 13.0 Å². The lowest BCUT2D eigenvalue weighted by Gasteiger charge is -2.02. The normalized spacial score (nSPS) is 10.3. The lowest BCUT2D eigenvalue weighted by atomic mass is 10.2. The molecule has 1 aromatic heterocycles. The number of nitrogens with zero attached hydrogens (tertiary/aromatic N) is 2. The Bertz CT molecular complexity index is 598. The van der Waals surface area contributed by atoms with Crippen LogP contribution < -0.4 is 4.74 Å². The Balaban J connectivity index is 2.27. The van der Waals surface area contributed by atoms with Gasteiger partial charge in [-0.3, -0.25) is 5.10 Å². The van der Waals surface area contributed by atoms with Crippen molar-refractivity contribution in [2.75, 3.05) is 13.7 Å². The van der Waals surface area contributed by atoms with Crippen molar-refractivity contribution < 1.29 is 18.7 Å². The van der Waals surface area contributed by atoms with Crippen LogP contribution in [0.2, 0.25) is 0 Å². The van der Waals surface area contributed by atoms with Gasteiger partial charge in [0.2, 0.25) is 5.82 Å². The number of halogens is 1. The Morgan fingerprint density at radius 2 is 2.26 bits per heavy atom. The number of H-pyrrole nitrogens is 1. The first-order chi connectivity index (χ1) is 9.15. The van der Waals surface area contributed by atoms with Gasteiger partial charge in [-0.25, -0.2) is 14.2 Å². The zero-order valence-electron chi connectivity index (χ0n) is 10.4. The molecule has 19 heavy (non-hydrogen) atoms. The number of hydrogen-bond donors (Lipinski definition) is 1. The van der Waals surface area contributed by atoms with Crippen molar-refractivity contribution in [1.29, 1.82) is 0 Å². The maximum Gasteiger partial charge on any atom is 0.375 e. The molecule has 100 valence electrons. The van der Waals surface area contributed by atoms with Crippen LogP contribution in [0.1, 0.15) is 17.5 Å². The minimum absolute atomic E-state index is 0.0203. The van der Waals surface area contributed by atoms with Crippen LogP contribution in [0, 0.1) is 5.82 Å². The highest BCUT2D eigenvalue weighted by Crippen LogP contribution is 2.23. The average molecular weight is 265 g/mol. The van der Waals surface area contributed by atoms with E-state index in [0.29, 0.717) is 5.56 Å². The molecule has 1 N–H and O–H groups in total. The molecule has 0 atom stereocenters. The third kappa shape index (κ3) is 2.70. The number of aromatic amines is 1. The average Bonchev–Trinajstić information content (AvgIpc) is 2.88. The molecule has 0 spiro atoms. The second kappa shape index (κ2) is 5.47. The summed E-state index contributed by atoms with van der Waals surface area (Å²) in [6, 6.07) is 4.29. The van der Waals surface area contributed by atoms with Gasteiger partial charge in [0.05, 0.1) is 13.7 Å². The Morgan fingerprint density at radius 3 is 2.89 bits per heavy atom. The smallest absolute Gasteiger partial charge is 0.375 e. The van der Waals surface area contributed by atoms with Crippen LogP contribution in [-0.4, -0.2) is 34.9 Å². The summed E-state index contributed by atoms with van der Waals surface area (Å²) in [5.41, 5.74) is 0.435. The Morgan fingerprint density at radius 1 is 1.47 bits per heavy atom. The molecule has 2 rings (SSSR count). The predicted molar refractivity (Wildman–Crippen MR) is 64.3 cm³/mol. The van der Waals surface area contributed by atoms with Crippen LogP contribution in [0.5, 0.6) is 5.75 Å². The zero-order chi connectivity index (χ0) is 13.8. The molecule has 1 aromatic carbocycles. The fraction of sp³-hybridized carbons (Fsp3) is 0.250. The van der Waals surface area contributed by atoms with Crippen molar-refractivity contribution >= 4 is 5.97 Å². The van der Waals surface area contributed by atoms with Crippen molar-refractivity contribution in [2.24, 2.45) is 0 Å². The molecule has 0 aliphatic rings. The summed E-state index contributed by atoms with van der Waals surface area (Å²) in [6.07, 6.45) is 0. The standard InChI is InChI=1S/C12H12FN3O3/c1-3-19-12(17)11-14-10(15-16-11)7-4-5-9(18-2)8(13)6-7/h4-6H,3H2,1-2H3,(H,14,15,16). The number of aromatic nitrogens is 3. The first-order valence-corrected chi connectivity index (χ1v) is 5.59. The quantitative estimate of drug-likeness (QED) is 0.853. The fourth-order valence-electron chi connectivity index (χ4n) is 1.49. The summed E-state index contributed by atoms with van der Waals surface area (Å²) in [5.74, 6) is -0.805. The summed E-state index contributed by atoms with van der Waals surface area (Å²) in [7, 11) is 1.38. The van der Waals surface area contributed by atoms with E-state index in [-0.39, 0.29) is 24.0 Å². The minimum Gasteiger partial charge on any atom is -0.494 e. The van der Waals surface area contributed by atoms with Crippen LogP contribution >= 0.6 is 0 Å². The first-order valence-electron chi connectivity index (χ1n) is 5.59. The second-order valence-corrected chi connectivity index (χ2v) is 3.58. The lowest BCUT2D eigenvalue weighted by Crippen LogP contribution is -2.06. The maximum atomic E-state index is 13.5. The lowest BCUT2D eigenvalue weighted by molar-refractivity contribution is 0.0512. The van der Waals surface area contributed by atoms with E-state index in [2.05, 4.69) is 15.2 Å². The van der Waals surface area contributed by atoms with Crippen molar-refractivity contribution in [3.05, 3.63) is 29.8 Å². The van der Waals surface area contributed by atoms with Gasteiger partial charge in [-0.1, -0.05) is 0 Å². The summed E-state index contributed by atoms with van der Waals surface area (Å²) >= 11 is 0. The number of hydrogen-bond acceptors (Lipinski definition) is 5. The van der Waals surface area contributed by atoms with Crippen LogP contribution in [0.3, 0.4) is 0 Å². The van der Waals surface area contributed by atoms with E-state index in [4.69, 9.17) is 9.47 Å². The summed E-state index contributed by atoms with van der Waals surface area (Å²) < 4.78 is 23.1. The molecule has 0 saturated carbocycles. The SMILES string of the molecule is CCOC(=O)c1nc(-c2ccc(OC)c(F)c2)n[nH]1. The van der Waals surface area contributed by atoms with Crippen LogP contribution in [0.15, 0.2) is 18.2 Å². The molecule has 1 heterocycles. The number of methoxy groups -OCH3 is 1. The van der Waals surface area contributed by atoms with Gasteiger partial charge in [0, 0.05) is 5.56 Å². The van der Waals surface area contributed by atoms with Crippen molar-refractivity contribution in [1.82, 2.24) is 15.2 Å². The van der Waals surface area contributed by atoms with Crippen molar-refractivity contribution in [3.8, 4) is 17.1 Å². The molecule has 0 aliphatic heterocycles. The van der Waals surface area contributed by atoms with Gasteiger partial charge >= 0.3 is 5.97 Å². The zero-order valence-corrected chi connectivity index (χ0v) is 10.4. The topological polar surface area (TPSA) is 77.1 Å². The van der Waals surface area contributed by atoms with Crippen LogP contribution in [-0.2, 0) is 4.74 Å². The first kappa shape index (κ1) is 13.0. The molecule has 0 amide bonds. The summed E-state index contributed by atoms with van der Waals surface area (Å²) in [4.78, 5) is 15.4. The molecule has 0 bridgehead atoms. The summed E-state index contributed by atoms with van der Waals surface area (Å²) in [5, 5.41) is 6.29. The molecule has 0 fully saturated rings. The van der Waals surface area contributed by atoms with Gasteiger partial charge in [-0.2, -0.15) is 5.10 Å². The van der Waals surface area contributed by atoms with Gasteiger partial charge < -0.3 is 9.47 Å². The Hall–Kier alpha value is -2.44. The summed E-state index contributed by atoms with van der Waals surface area (Å²) in [6.45, 7) is 1.93. The monoisotopic (exact) mass is 265 g/mol. The van der Waals surface area contributed by atoms with E-state index < -0.39 is 11.8 Å². The maximum absolute atomic E-state index is 13.5. The molecular formula is C12H12FN3O3. The van der Waals surface area contributed by atoms with Gasteiger partial charge in [-0.05, 0) is 25.1 Å². The molecule has 7 heteroatoms. The third-order valence-electron chi connectivity index (χ3n) is 2.36. The Labute approximate surface area is 108 Å². The molecule has 6 nitrogen and oxygen atoms in total. The highest BCUT2D eigenvalue weighted by atomic mass is 19.1. The van der Waals surface area contributed by atoms with Gasteiger partial charge in [0.15, 0.2) is 17.4 Å². The second-order valence-electron chi connectivity index (χ2n) is 3.58. The number of benzene rings is 1. The van der Waals surface area contributed by atoms with Crippen LogP contribution in [0.4, 0.5) is 4.39 Å². The minimum atomic E-state index is -0.602. The van der Waals surface area contributed by atoms with E-state index in [9.17, 15) is 9.18 Å². The Kier molecular flexibility index (Phi) is 3.74. The van der Waals surface area contributed by atoms with E-state index in [0.717, 1.165) is 0 Å². The largest absolute Gasteiger partial charge is 0.494 e. The van der Waals surface area contributed by atoms with Crippen molar-refractivity contribution in [2.45, 2.75) is 6.92 Å². The molecular weight excluding hydrogens is 253 g/mol. The van der Waals surface area contributed by atoms with Crippen LogP contribution in [0.25, 0.3) is 11.4 Å². The highest BCUT2D eigenvalue weighted by Gasteiger charge is 2.14. The molecule has 0 radical (unpaired) electrons.